The number of nitrogens with one attached hydrogen (secondary N) is 1. The van der Waals surface area contributed by atoms with Crippen molar-refractivity contribution in [3.8, 4) is 0 Å². The highest BCUT2D eigenvalue weighted by atomic mass is 16.4. The van der Waals surface area contributed by atoms with E-state index in [1.165, 1.54) is 0 Å². The summed E-state index contributed by atoms with van der Waals surface area (Å²) in [6.45, 7) is 2.68. The van der Waals surface area contributed by atoms with E-state index in [1.807, 2.05) is 6.92 Å². The Hall–Kier alpha value is -1.10. The highest BCUT2D eigenvalue weighted by molar-refractivity contribution is 5.85. The summed E-state index contributed by atoms with van der Waals surface area (Å²) in [6, 6.07) is 0. The zero-order chi connectivity index (χ0) is 13.5. The lowest BCUT2D eigenvalue weighted by Gasteiger charge is -2.16. The minimum absolute atomic E-state index is 0.128. The lowest BCUT2D eigenvalue weighted by molar-refractivity contribution is -0.146. The highest BCUT2D eigenvalue weighted by Gasteiger charge is 2.37. The van der Waals surface area contributed by atoms with Gasteiger partial charge in [-0.25, -0.2) is 0 Å². The van der Waals surface area contributed by atoms with Crippen LogP contribution in [0.3, 0.4) is 0 Å². The number of amides is 1. The third-order valence-corrected chi connectivity index (χ3v) is 3.65. The summed E-state index contributed by atoms with van der Waals surface area (Å²) in [5, 5.41) is 20.7. The van der Waals surface area contributed by atoms with Crippen molar-refractivity contribution in [3.05, 3.63) is 0 Å². The molecule has 0 aromatic heterocycles. The molecular weight excluding hydrogens is 234 g/mol. The Balaban J connectivity index is 2.26. The first-order chi connectivity index (χ1) is 8.56. The summed E-state index contributed by atoms with van der Waals surface area (Å²) >= 11 is 0. The van der Waals surface area contributed by atoms with Gasteiger partial charge in [0.15, 0.2) is 0 Å². The summed E-state index contributed by atoms with van der Waals surface area (Å²) in [6.07, 6.45) is 3.78. The van der Waals surface area contributed by atoms with Crippen LogP contribution in [0, 0.1) is 17.8 Å². The molecule has 0 spiro atoms. The molecule has 3 N–H and O–H groups in total. The number of aliphatic carboxylic acids is 1. The molecular formula is C13H23NO4. The SMILES string of the molecule is CC(CO)CCCNC(=O)C1CCCC1C(=O)O. The molecule has 0 radical (unpaired) electrons. The number of carboxylic acids is 1. The number of rotatable bonds is 7. The van der Waals surface area contributed by atoms with Crippen LogP contribution in [0.15, 0.2) is 0 Å². The monoisotopic (exact) mass is 257 g/mol. The highest BCUT2D eigenvalue weighted by Crippen LogP contribution is 2.31. The van der Waals surface area contributed by atoms with Crippen LogP contribution in [0.4, 0.5) is 0 Å². The molecule has 1 saturated carbocycles. The van der Waals surface area contributed by atoms with Crippen molar-refractivity contribution in [1.29, 1.82) is 0 Å². The predicted octanol–water partition coefficient (Wildman–Crippen LogP) is 1.01. The summed E-state index contributed by atoms with van der Waals surface area (Å²) in [7, 11) is 0. The summed E-state index contributed by atoms with van der Waals surface area (Å²) in [4.78, 5) is 22.8. The number of hydrogen-bond donors (Lipinski definition) is 3. The number of aliphatic hydroxyl groups excluding tert-OH is 1. The quantitative estimate of drug-likeness (QED) is 0.594. The summed E-state index contributed by atoms with van der Waals surface area (Å²) < 4.78 is 0. The normalized spacial score (nSPS) is 24.8. The van der Waals surface area contributed by atoms with Crippen LogP contribution in [0.25, 0.3) is 0 Å². The maximum absolute atomic E-state index is 11.9. The smallest absolute Gasteiger partial charge is 0.307 e. The Bertz CT molecular complexity index is 293. The third-order valence-electron chi connectivity index (χ3n) is 3.65. The molecule has 0 aromatic rings. The lowest BCUT2D eigenvalue weighted by Crippen LogP contribution is -2.35. The largest absolute Gasteiger partial charge is 0.481 e. The van der Waals surface area contributed by atoms with Crippen LogP contribution in [0.2, 0.25) is 0 Å². The van der Waals surface area contributed by atoms with Crippen LogP contribution in [-0.2, 0) is 9.59 Å². The van der Waals surface area contributed by atoms with Gasteiger partial charge in [0.05, 0.1) is 11.8 Å². The fourth-order valence-corrected chi connectivity index (χ4v) is 2.45. The van der Waals surface area contributed by atoms with Crippen molar-refractivity contribution in [2.24, 2.45) is 17.8 Å². The molecule has 5 heteroatoms. The minimum Gasteiger partial charge on any atom is -0.481 e. The third kappa shape index (κ3) is 4.29. The minimum atomic E-state index is -0.860. The van der Waals surface area contributed by atoms with Crippen molar-refractivity contribution in [1.82, 2.24) is 5.32 Å². The van der Waals surface area contributed by atoms with Crippen LogP contribution in [0.1, 0.15) is 39.0 Å². The Morgan fingerprint density at radius 1 is 1.33 bits per heavy atom. The number of carbonyl (C=O) groups excluding carboxylic acids is 1. The molecule has 0 aromatic carbocycles. The van der Waals surface area contributed by atoms with Gasteiger partial charge in [0.1, 0.15) is 0 Å². The molecule has 1 amide bonds. The van der Waals surface area contributed by atoms with E-state index in [9.17, 15) is 9.59 Å². The van der Waals surface area contributed by atoms with E-state index in [4.69, 9.17) is 10.2 Å². The molecule has 18 heavy (non-hydrogen) atoms. The first-order valence-electron chi connectivity index (χ1n) is 6.67. The molecule has 1 aliphatic carbocycles. The summed E-state index contributed by atoms with van der Waals surface area (Å²) in [5.74, 6) is -1.61. The molecule has 1 rings (SSSR count). The lowest BCUT2D eigenvalue weighted by atomic mass is 9.95. The Kier molecular flexibility index (Phi) is 6.12. The van der Waals surface area contributed by atoms with Gasteiger partial charge in [-0.15, -0.1) is 0 Å². The fraction of sp³-hybridized carbons (Fsp3) is 0.846. The number of hydrogen-bond acceptors (Lipinski definition) is 3. The fourth-order valence-electron chi connectivity index (χ4n) is 2.45. The molecule has 0 bridgehead atoms. The predicted molar refractivity (Wildman–Crippen MR) is 67.0 cm³/mol. The van der Waals surface area contributed by atoms with Gasteiger partial charge >= 0.3 is 5.97 Å². The van der Waals surface area contributed by atoms with Gasteiger partial charge < -0.3 is 15.5 Å². The van der Waals surface area contributed by atoms with E-state index < -0.39 is 11.9 Å². The molecule has 1 aliphatic rings. The molecule has 104 valence electrons. The van der Waals surface area contributed by atoms with Crippen molar-refractivity contribution in [2.45, 2.75) is 39.0 Å². The second-order valence-electron chi connectivity index (χ2n) is 5.20. The number of carboxylic acid groups (broad SMARTS) is 1. The van der Waals surface area contributed by atoms with Gasteiger partial charge in [-0.3, -0.25) is 9.59 Å². The molecule has 5 nitrogen and oxygen atoms in total. The van der Waals surface area contributed by atoms with Crippen LogP contribution >= 0.6 is 0 Å². The molecule has 3 unspecified atom stereocenters. The standard InChI is InChI=1S/C13H23NO4/c1-9(8-15)4-3-7-14-12(16)10-5-2-6-11(10)13(17)18/h9-11,15H,2-8H2,1H3,(H,14,16)(H,17,18). The van der Waals surface area contributed by atoms with Crippen LogP contribution in [-0.4, -0.2) is 35.2 Å². The van der Waals surface area contributed by atoms with Crippen molar-refractivity contribution in [2.75, 3.05) is 13.2 Å². The van der Waals surface area contributed by atoms with E-state index >= 15 is 0 Å². The Morgan fingerprint density at radius 3 is 2.61 bits per heavy atom. The summed E-state index contributed by atoms with van der Waals surface area (Å²) in [5.41, 5.74) is 0. The van der Waals surface area contributed by atoms with Gasteiger partial charge in [0.25, 0.3) is 0 Å². The second kappa shape index (κ2) is 7.36. The zero-order valence-electron chi connectivity index (χ0n) is 10.9. The van der Waals surface area contributed by atoms with E-state index in [1.54, 1.807) is 0 Å². The average Bonchev–Trinajstić information content (AvgIpc) is 2.83. The van der Waals surface area contributed by atoms with E-state index in [0.29, 0.717) is 19.4 Å². The van der Waals surface area contributed by atoms with Gasteiger partial charge in [-0.1, -0.05) is 13.3 Å². The molecule has 1 fully saturated rings. The number of aliphatic hydroxyl groups is 1. The maximum Gasteiger partial charge on any atom is 0.307 e. The van der Waals surface area contributed by atoms with Crippen molar-refractivity contribution < 1.29 is 19.8 Å². The van der Waals surface area contributed by atoms with Crippen molar-refractivity contribution >= 4 is 11.9 Å². The maximum atomic E-state index is 11.9. The number of carbonyl (C=O) groups is 2. The molecule has 0 heterocycles. The zero-order valence-corrected chi connectivity index (χ0v) is 10.9. The van der Waals surface area contributed by atoms with Crippen molar-refractivity contribution in [3.63, 3.8) is 0 Å². The first kappa shape index (κ1) is 15.0. The Morgan fingerprint density at radius 2 is 2.00 bits per heavy atom. The molecule has 3 atom stereocenters. The van der Waals surface area contributed by atoms with Gasteiger partial charge in [-0.2, -0.15) is 0 Å². The Labute approximate surface area is 108 Å². The van der Waals surface area contributed by atoms with E-state index in [-0.39, 0.29) is 24.3 Å². The van der Waals surface area contributed by atoms with Gasteiger partial charge in [-0.05, 0) is 31.6 Å². The van der Waals surface area contributed by atoms with Crippen LogP contribution < -0.4 is 5.32 Å². The first-order valence-corrected chi connectivity index (χ1v) is 6.67. The second-order valence-corrected chi connectivity index (χ2v) is 5.20. The van der Waals surface area contributed by atoms with E-state index in [2.05, 4.69) is 5.32 Å². The van der Waals surface area contributed by atoms with Gasteiger partial charge in [0, 0.05) is 13.2 Å². The van der Waals surface area contributed by atoms with Crippen LogP contribution in [0.5, 0.6) is 0 Å². The molecule has 0 saturated heterocycles. The molecule has 0 aliphatic heterocycles. The average molecular weight is 257 g/mol. The van der Waals surface area contributed by atoms with Gasteiger partial charge in [0.2, 0.25) is 5.91 Å². The van der Waals surface area contributed by atoms with E-state index in [0.717, 1.165) is 19.3 Å². The topological polar surface area (TPSA) is 86.6 Å².